The highest BCUT2D eigenvalue weighted by molar-refractivity contribution is 8.00. The fourth-order valence-electron chi connectivity index (χ4n) is 1.31. The molecule has 7 nitrogen and oxygen atoms in total. The van der Waals surface area contributed by atoms with Crippen molar-refractivity contribution in [2.24, 2.45) is 0 Å². The molecule has 11 heteroatoms. The highest BCUT2D eigenvalue weighted by Crippen LogP contribution is 2.31. The van der Waals surface area contributed by atoms with Crippen LogP contribution in [0, 0.1) is 10.1 Å². The Balaban J connectivity index is 2.74. The number of alkyl halides is 3. The summed E-state index contributed by atoms with van der Waals surface area (Å²) in [4.78, 5) is 17.7. The molecular formula is C9H12F3N5O2S. The average Bonchev–Trinajstić information content (AvgIpc) is 2.33. The van der Waals surface area contributed by atoms with E-state index in [1.807, 2.05) is 0 Å². The number of rotatable bonds is 7. The summed E-state index contributed by atoms with van der Waals surface area (Å²) in [6.45, 7) is 2.05. The van der Waals surface area contributed by atoms with Crippen molar-refractivity contribution in [1.29, 1.82) is 0 Å². The lowest BCUT2D eigenvalue weighted by molar-refractivity contribution is -0.383. The van der Waals surface area contributed by atoms with Gasteiger partial charge in [0.1, 0.15) is 6.33 Å². The van der Waals surface area contributed by atoms with Crippen LogP contribution >= 0.6 is 11.8 Å². The molecule has 2 N–H and O–H groups in total. The van der Waals surface area contributed by atoms with Gasteiger partial charge in [-0.3, -0.25) is 10.1 Å². The number of nitro groups is 1. The van der Waals surface area contributed by atoms with E-state index in [4.69, 9.17) is 0 Å². The van der Waals surface area contributed by atoms with Crippen molar-refractivity contribution < 1.29 is 18.1 Å². The molecule has 1 aromatic heterocycles. The van der Waals surface area contributed by atoms with Crippen LogP contribution in [0.1, 0.15) is 6.92 Å². The number of thioether (sulfide) groups is 1. The summed E-state index contributed by atoms with van der Waals surface area (Å²) in [5.74, 6) is -0.358. The van der Waals surface area contributed by atoms with E-state index in [-0.39, 0.29) is 41.4 Å². The van der Waals surface area contributed by atoms with Gasteiger partial charge in [0.05, 0.1) is 4.92 Å². The second-order valence-corrected chi connectivity index (χ2v) is 4.59. The standard InChI is InChI=1S/C9H12F3N5O2S/c1-2-13-7-6(17(18)19)8(16-5-15-7)14-3-4-20-9(10,11)12/h5H,2-4H2,1H3,(H2,13,14,15,16). The maximum atomic E-state index is 11.9. The number of hydrogen-bond donors (Lipinski definition) is 2. The summed E-state index contributed by atoms with van der Waals surface area (Å²) >= 11 is -0.210. The molecule has 1 rings (SSSR count). The first-order valence-corrected chi connectivity index (χ1v) is 6.51. The zero-order chi connectivity index (χ0) is 15.2. The molecule has 0 bridgehead atoms. The zero-order valence-corrected chi connectivity index (χ0v) is 11.2. The molecule has 1 aromatic rings. The first-order chi connectivity index (χ1) is 9.35. The number of halogens is 3. The minimum atomic E-state index is -4.33. The van der Waals surface area contributed by atoms with Gasteiger partial charge in [0, 0.05) is 18.8 Å². The van der Waals surface area contributed by atoms with Gasteiger partial charge in [0.2, 0.25) is 11.6 Å². The Morgan fingerprint density at radius 3 is 2.45 bits per heavy atom. The molecule has 0 saturated heterocycles. The third kappa shape index (κ3) is 5.07. The normalized spacial score (nSPS) is 11.2. The van der Waals surface area contributed by atoms with Crippen LogP contribution < -0.4 is 10.6 Å². The molecule has 0 aromatic carbocycles. The van der Waals surface area contributed by atoms with Crippen molar-refractivity contribution in [1.82, 2.24) is 9.97 Å². The van der Waals surface area contributed by atoms with E-state index in [2.05, 4.69) is 20.6 Å². The first-order valence-electron chi connectivity index (χ1n) is 5.53. The van der Waals surface area contributed by atoms with Gasteiger partial charge < -0.3 is 10.6 Å². The Labute approximate surface area is 116 Å². The average molecular weight is 311 g/mol. The second-order valence-electron chi connectivity index (χ2n) is 3.43. The van der Waals surface area contributed by atoms with Gasteiger partial charge in [-0.05, 0) is 18.7 Å². The molecule has 0 spiro atoms. The molecular weight excluding hydrogens is 299 g/mol. The number of hydrogen-bond acceptors (Lipinski definition) is 7. The topological polar surface area (TPSA) is 93.0 Å². The van der Waals surface area contributed by atoms with Crippen molar-refractivity contribution in [3.05, 3.63) is 16.4 Å². The molecule has 0 fully saturated rings. The maximum absolute atomic E-state index is 11.9. The quantitative estimate of drug-likeness (QED) is 0.454. The molecule has 20 heavy (non-hydrogen) atoms. The smallest absolute Gasteiger partial charge is 0.364 e. The number of nitrogens with one attached hydrogen (secondary N) is 2. The third-order valence-corrected chi connectivity index (χ3v) is 2.74. The second kappa shape index (κ2) is 7.12. The summed E-state index contributed by atoms with van der Waals surface area (Å²) < 4.78 is 35.8. The molecule has 112 valence electrons. The van der Waals surface area contributed by atoms with E-state index in [9.17, 15) is 23.3 Å². The number of anilines is 2. The van der Waals surface area contributed by atoms with Crippen LogP contribution in [-0.2, 0) is 0 Å². The molecule has 0 aliphatic heterocycles. The number of aromatic nitrogens is 2. The fraction of sp³-hybridized carbons (Fsp3) is 0.556. The molecule has 0 radical (unpaired) electrons. The monoisotopic (exact) mass is 311 g/mol. The van der Waals surface area contributed by atoms with E-state index in [1.165, 1.54) is 0 Å². The zero-order valence-electron chi connectivity index (χ0n) is 10.4. The predicted octanol–water partition coefficient (Wildman–Crippen LogP) is 2.48. The van der Waals surface area contributed by atoms with Crippen LogP contribution in [-0.4, -0.2) is 39.2 Å². The van der Waals surface area contributed by atoms with Crippen LogP contribution in [0.3, 0.4) is 0 Å². The molecule has 0 aliphatic rings. The molecule has 0 atom stereocenters. The van der Waals surface area contributed by atoms with Gasteiger partial charge in [-0.15, -0.1) is 0 Å². The minimum absolute atomic E-state index is 0.0264. The summed E-state index contributed by atoms with van der Waals surface area (Å²) in [6, 6.07) is 0. The summed E-state index contributed by atoms with van der Waals surface area (Å²) in [7, 11) is 0. The molecule has 0 saturated carbocycles. The SMILES string of the molecule is CCNc1ncnc(NCCSC(F)(F)F)c1[N+](=O)[O-]. The largest absolute Gasteiger partial charge is 0.441 e. The molecule has 0 unspecified atom stereocenters. The Bertz CT molecular complexity index is 471. The fourth-order valence-corrected chi connectivity index (χ4v) is 1.75. The molecule has 1 heterocycles. The summed E-state index contributed by atoms with van der Waals surface area (Å²) in [6.07, 6.45) is 1.10. The summed E-state index contributed by atoms with van der Waals surface area (Å²) in [5, 5.41) is 16.2. The van der Waals surface area contributed by atoms with Crippen molar-refractivity contribution in [2.45, 2.75) is 12.4 Å². The van der Waals surface area contributed by atoms with Crippen molar-refractivity contribution >= 4 is 29.1 Å². The lowest BCUT2D eigenvalue weighted by Crippen LogP contribution is -2.13. The third-order valence-electron chi connectivity index (χ3n) is 2.01. The van der Waals surface area contributed by atoms with Gasteiger partial charge in [0.15, 0.2) is 0 Å². The lowest BCUT2D eigenvalue weighted by Gasteiger charge is -2.09. The van der Waals surface area contributed by atoms with E-state index in [1.54, 1.807) is 6.92 Å². The lowest BCUT2D eigenvalue weighted by atomic mass is 10.4. The van der Waals surface area contributed by atoms with Crippen LogP contribution in [0.15, 0.2) is 6.33 Å². The molecule has 0 amide bonds. The van der Waals surface area contributed by atoms with Crippen molar-refractivity contribution in [3.63, 3.8) is 0 Å². The highest BCUT2D eigenvalue weighted by atomic mass is 32.2. The number of nitrogens with zero attached hydrogens (tertiary/aromatic N) is 3. The maximum Gasteiger partial charge on any atom is 0.441 e. The minimum Gasteiger partial charge on any atom is -0.364 e. The Hall–Kier alpha value is -1.78. The van der Waals surface area contributed by atoms with Gasteiger partial charge in [-0.2, -0.15) is 13.2 Å². The Morgan fingerprint density at radius 1 is 1.35 bits per heavy atom. The Morgan fingerprint density at radius 2 is 1.95 bits per heavy atom. The Kier molecular flexibility index (Phi) is 5.80. The van der Waals surface area contributed by atoms with Gasteiger partial charge in [-0.1, -0.05) is 0 Å². The predicted molar refractivity (Wildman–Crippen MR) is 69.9 cm³/mol. The van der Waals surface area contributed by atoms with E-state index >= 15 is 0 Å². The van der Waals surface area contributed by atoms with Crippen LogP contribution in [0.25, 0.3) is 0 Å². The van der Waals surface area contributed by atoms with Crippen LogP contribution in [0.2, 0.25) is 0 Å². The first kappa shape index (κ1) is 16.3. The van der Waals surface area contributed by atoms with Crippen molar-refractivity contribution in [2.75, 3.05) is 29.5 Å². The van der Waals surface area contributed by atoms with E-state index < -0.39 is 10.4 Å². The van der Waals surface area contributed by atoms with Gasteiger partial charge in [-0.25, -0.2) is 9.97 Å². The van der Waals surface area contributed by atoms with Gasteiger partial charge >= 0.3 is 11.2 Å². The van der Waals surface area contributed by atoms with Crippen LogP contribution in [0.4, 0.5) is 30.5 Å². The molecule has 0 aliphatic carbocycles. The van der Waals surface area contributed by atoms with Crippen molar-refractivity contribution in [3.8, 4) is 0 Å². The van der Waals surface area contributed by atoms with E-state index in [0.29, 0.717) is 6.54 Å². The summed E-state index contributed by atoms with van der Waals surface area (Å²) in [5.41, 5.74) is -4.71. The van der Waals surface area contributed by atoms with Gasteiger partial charge in [0.25, 0.3) is 0 Å². The highest BCUT2D eigenvalue weighted by Gasteiger charge is 2.28. The van der Waals surface area contributed by atoms with Crippen LogP contribution in [0.5, 0.6) is 0 Å². The van der Waals surface area contributed by atoms with E-state index in [0.717, 1.165) is 6.33 Å².